The Morgan fingerprint density at radius 1 is 1.00 bits per heavy atom. The lowest BCUT2D eigenvalue weighted by atomic mass is 10.1. The number of hydrogen-bond donors (Lipinski definition) is 2. The van der Waals surface area contributed by atoms with Crippen molar-refractivity contribution in [2.75, 3.05) is 7.11 Å². The quantitative estimate of drug-likeness (QED) is 0.365. The van der Waals surface area contributed by atoms with Crippen molar-refractivity contribution in [1.29, 1.82) is 0 Å². The van der Waals surface area contributed by atoms with Gasteiger partial charge in [-0.1, -0.05) is 78.8 Å². The van der Waals surface area contributed by atoms with Gasteiger partial charge in [0.2, 0.25) is 11.8 Å². The van der Waals surface area contributed by atoms with Gasteiger partial charge in [0.25, 0.3) is 5.91 Å². The van der Waals surface area contributed by atoms with E-state index in [9.17, 15) is 14.4 Å². The summed E-state index contributed by atoms with van der Waals surface area (Å²) >= 11 is 1.24. The number of thioether (sulfide) groups is 1. The summed E-state index contributed by atoms with van der Waals surface area (Å²) in [4.78, 5) is 50.6. The number of fused-ring (bicyclic) bond motifs is 3. The number of hydrogen-bond acceptors (Lipinski definition) is 7. The molecule has 3 aromatic rings. The van der Waals surface area contributed by atoms with E-state index in [1.54, 1.807) is 7.11 Å². The van der Waals surface area contributed by atoms with Crippen molar-refractivity contribution in [2.45, 2.75) is 51.1 Å². The van der Waals surface area contributed by atoms with E-state index < -0.39 is 11.3 Å². The topological polar surface area (TPSA) is 112 Å². The first kappa shape index (κ1) is 29.1. The van der Waals surface area contributed by atoms with Gasteiger partial charge in [-0.25, -0.2) is 9.89 Å². The second-order valence-electron chi connectivity index (χ2n) is 10.1. The number of aliphatic imine (C=N–C) groups is 2. The van der Waals surface area contributed by atoms with Gasteiger partial charge in [0, 0.05) is 24.2 Å². The molecule has 0 radical (unpaired) electrons. The van der Waals surface area contributed by atoms with Crippen LogP contribution in [0.4, 0.5) is 5.69 Å². The zero-order valence-electron chi connectivity index (χ0n) is 23.8. The number of nitrogens with one attached hydrogen (secondary N) is 2. The number of nitrogens with zero attached hydrogens (tertiary/aromatic N) is 3. The molecule has 42 heavy (non-hydrogen) atoms. The number of rotatable bonds is 10. The standard InChI is InChI=1S/C32H33N5O4S/c1-4-27(30(39)34-18-21-15-13-20(2)14-16-21)42-32-36-24-11-7-6-10-23(24)29-35-25(31(40)37(29)32)17-28(38)33-19-22-9-5-8-12-26(22)41-3/h5-16,25,27H,4,17-19H2,1-3H3,(H,33,38)(H,34,39)/t25-,27+/m1/s1. The molecule has 0 bridgehead atoms. The van der Waals surface area contributed by atoms with Crippen LogP contribution in [0.25, 0.3) is 0 Å². The molecule has 2 N–H and O–H groups in total. The maximum atomic E-state index is 13.7. The van der Waals surface area contributed by atoms with E-state index in [2.05, 4.69) is 15.6 Å². The molecule has 2 aliphatic rings. The number of carbonyl (C=O) groups excluding carboxylic acids is 3. The fraction of sp³-hybridized carbons (Fsp3) is 0.281. The predicted molar refractivity (Wildman–Crippen MR) is 165 cm³/mol. The minimum atomic E-state index is -0.898. The molecular weight excluding hydrogens is 550 g/mol. The number of para-hydroxylation sites is 2. The summed E-state index contributed by atoms with van der Waals surface area (Å²) in [5.41, 5.74) is 4.38. The van der Waals surface area contributed by atoms with E-state index in [1.807, 2.05) is 86.6 Å². The molecule has 10 heteroatoms. The van der Waals surface area contributed by atoms with Crippen LogP contribution in [-0.4, -0.2) is 52.0 Å². The second kappa shape index (κ2) is 13.0. The number of ether oxygens (including phenoxy) is 1. The molecule has 0 saturated heterocycles. The smallest absolute Gasteiger partial charge is 0.259 e. The molecule has 0 fully saturated rings. The van der Waals surface area contributed by atoms with Crippen LogP contribution in [0, 0.1) is 6.92 Å². The van der Waals surface area contributed by atoms with Gasteiger partial charge in [-0.2, -0.15) is 0 Å². The lowest BCUT2D eigenvalue weighted by molar-refractivity contribution is -0.128. The summed E-state index contributed by atoms with van der Waals surface area (Å²) in [7, 11) is 1.58. The zero-order valence-corrected chi connectivity index (χ0v) is 24.6. The van der Waals surface area contributed by atoms with Gasteiger partial charge in [0.1, 0.15) is 17.6 Å². The highest BCUT2D eigenvalue weighted by Crippen LogP contribution is 2.35. The molecular formula is C32H33N5O4S. The molecule has 2 heterocycles. The summed E-state index contributed by atoms with van der Waals surface area (Å²) in [5, 5.41) is 5.79. The van der Waals surface area contributed by atoms with Crippen molar-refractivity contribution < 1.29 is 19.1 Å². The van der Waals surface area contributed by atoms with Crippen molar-refractivity contribution in [1.82, 2.24) is 15.5 Å². The molecule has 0 aliphatic carbocycles. The van der Waals surface area contributed by atoms with E-state index in [0.29, 0.717) is 41.0 Å². The Bertz CT molecular complexity index is 1550. The Labute approximate surface area is 249 Å². The lowest BCUT2D eigenvalue weighted by Gasteiger charge is -2.27. The Balaban J connectivity index is 1.29. The van der Waals surface area contributed by atoms with Gasteiger partial charge in [-0.05, 0) is 37.1 Å². The predicted octanol–water partition coefficient (Wildman–Crippen LogP) is 4.50. The molecule has 0 aromatic heterocycles. The minimum Gasteiger partial charge on any atom is -0.496 e. The van der Waals surface area contributed by atoms with Crippen LogP contribution >= 0.6 is 11.8 Å². The zero-order chi connectivity index (χ0) is 29.6. The monoisotopic (exact) mass is 583 g/mol. The van der Waals surface area contributed by atoms with Crippen LogP contribution in [0.1, 0.15) is 42.0 Å². The van der Waals surface area contributed by atoms with Crippen LogP contribution in [0.15, 0.2) is 82.8 Å². The molecule has 9 nitrogen and oxygen atoms in total. The number of methoxy groups -OCH3 is 1. The van der Waals surface area contributed by atoms with Crippen LogP contribution in [0.5, 0.6) is 5.75 Å². The molecule has 0 saturated carbocycles. The summed E-state index contributed by atoms with van der Waals surface area (Å²) < 4.78 is 5.36. The van der Waals surface area contributed by atoms with Crippen molar-refractivity contribution in [2.24, 2.45) is 9.98 Å². The highest BCUT2D eigenvalue weighted by molar-refractivity contribution is 8.15. The van der Waals surface area contributed by atoms with E-state index in [1.165, 1.54) is 16.7 Å². The largest absolute Gasteiger partial charge is 0.496 e. The first-order valence-corrected chi connectivity index (χ1v) is 14.7. The second-order valence-corrected chi connectivity index (χ2v) is 11.2. The molecule has 5 rings (SSSR count). The normalized spacial score (nSPS) is 16.1. The maximum Gasteiger partial charge on any atom is 0.259 e. The summed E-state index contributed by atoms with van der Waals surface area (Å²) in [6.45, 7) is 4.62. The van der Waals surface area contributed by atoms with E-state index in [4.69, 9.17) is 9.73 Å². The molecule has 3 aromatic carbocycles. The Kier molecular flexibility index (Phi) is 9.02. The van der Waals surface area contributed by atoms with E-state index in [-0.39, 0.29) is 30.7 Å². The van der Waals surface area contributed by atoms with E-state index in [0.717, 1.165) is 16.7 Å². The fourth-order valence-corrected chi connectivity index (χ4v) is 5.81. The number of benzene rings is 3. The Morgan fingerprint density at radius 3 is 2.50 bits per heavy atom. The molecule has 2 aliphatic heterocycles. The molecule has 2 atom stereocenters. The van der Waals surface area contributed by atoms with Crippen LogP contribution in [0.2, 0.25) is 0 Å². The molecule has 0 unspecified atom stereocenters. The Hall–Kier alpha value is -4.44. The van der Waals surface area contributed by atoms with Crippen molar-refractivity contribution in [3.63, 3.8) is 0 Å². The summed E-state index contributed by atoms with van der Waals surface area (Å²) in [5.74, 6) is 0.348. The van der Waals surface area contributed by atoms with Gasteiger partial charge in [0.15, 0.2) is 5.17 Å². The minimum absolute atomic E-state index is 0.109. The van der Waals surface area contributed by atoms with Gasteiger partial charge < -0.3 is 15.4 Å². The highest BCUT2D eigenvalue weighted by Gasteiger charge is 2.43. The SMILES string of the molecule is CC[C@H](SC1=Nc2ccccc2C2=N[C@H](CC(=O)NCc3ccccc3OC)C(=O)N12)C(=O)NCc1ccc(C)cc1. The van der Waals surface area contributed by atoms with Crippen LogP contribution in [-0.2, 0) is 27.5 Å². The van der Waals surface area contributed by atoms with Gasteiger partial charge in [-0.3, -0.25) is 19.4 Å². The van der Waals surface area contributed by atoms with Crippen molar-refractivity contribution >= 4 is 46.2 Å². The molecule has 0 spiro atoms. The fourth-order valence-electron chi connectivity index (χ4n) is 4.76. The summed E-state index contributed by atoms with van der Waals surface area (Å²) in [6.07, 6.45) is 0.427. The van der Waals surface area contributed by atoms with Crippen LogP contribution < -0.4 is 15.4 Å². The van der Waals surface area contributed by atoms with Gasteiger partial charge >= 0.3 is 0 Å². The number of amides is 3. The summed E-state index contributed by atoms with van der Waals surface area (Å²) in [6, 6.07) is 22.0. The van der Waals surface area contributed by atoms with Crippen molar-refractivity contribution in [3.8, 4) is 5.75 Å². The first-order chi connectivity index (χ1) is 20.4. The first-order valence-electron chi connectivity index (χ1n) is 13.9. The molecule has 3 amide bonds. The van der Waals surface area contributed by atoms with Crippen molar-refractivity contribution in [3.05, 3.63) is 95.1 Å². The lowest BCUT2D eigenvalue weighted by Crippen LogP contribution is -2.43. The third-order valence-electron chi connectivity index (χ3n) is 7.09. The average Bonchev–Trinajstić information content (AvgIpc) is 3.34. The number of carbonyl (C=O) groups is 3. The number of amidine groups is 2. The van der Waals surface area contributed by atoms with Gasteiger partial charge in [-0.15, -0.1) is 0 Å². The van der Waals surface area contributed by atoms with Gasteiger partial charge in [0.05, 0.1) is 24.5 Å². The average molecular weight is 584 g/mol. The highest BCUT2D eigenvalue weighted by atomic mass is 32.2. The number of aryl methyl sites for hydroxylation is 1. The Morgan fingerprint density at radius 2 is 1.74 bits per heavy atom. The third kappa shape index (κ3) is 6.38. The third-order valence-corrected chi connectivity index (χ3v) is 8.41. The molecule has 216 valence electrons. The van der Waals surface area contributed by atoms with Crippen LogP contribution in [0.3, 0.4) is 0 Å². The maximum absolute atomic E-state index is 13.7. The van der Waals surface area contributed by atoms with E-state index >= 15 is 0 Å².